The van der Waals surface area contributed by atoms with Gasteiger partial charge in [0.15, 0.2) is 6.29 Å². The Balaban J connectivity index is 2.18. The topological polar surface area (TPSA) is 56.8 Å². The minimum atomic E-state index is -0.505. The van der Waals surface area contributed by atoms with E-state index in [9.17, 15) is 4.79 Å². The second-order valence-electron chi connectivity index (χ2n) is 4.03. The van der Waals surface area contributed by atoms with Gasteiger partial charge in [-0.05, 0) is 13.8 Å². The maximum Gasteiger partial charge on any atom is 0.408 e. The van der Waals surface area contributed by atoms with Gasteiger partial charge in [-0.25, -0.2) is 4.79 Å². The number of rotatable bonds is 1. The summed E-state index contributed by atoms with van der Waals surface area (Å²) in [5, 5.41) is 2.75. The quantitative estimate of drug-likeness (QED) is 0.676. The second-order valence-corrected chi connectivity index (χ2v) is 4.03. The molecule has 0 bridgehead atoms. The Labute approximate surface area is 82.7 Å². The van der Waals surface area contributed by atoms with Gasteiger partial charge in [-0.1, -0.05) is 0 Å². The molecule has 0 aromatic heterocycles. The molecule has 1 N–H and O–H groups in total. The molecule has 1 amide bonds. The van der Waals surface area contributed by atoms with Gasteiger partial charge < -0.3 is 19.5 Å². The summed E-state index contributed by atoms with van der Waals surface area (Å²) < 4.78 is 15.9. The maximum atomic E-state index is 11.1. The van der Waals surface area contributed by atoms with Gasteiger partial charge in [0.25, 0.3) is 0 Å². The lowest BCUT2D eigenvalue weighted by atomic mass is 9.87. The first-order valence-corrected chi connectivity index (χ1v) is 4.73. The molecule has 2 rings (SSSR count). The summed E-state index contributed by atoms with van der Waals surface area (Å²) in [6.07, 6.45) is -0.189. The Morgan fingerprint density at radius 1 is 1.64 bits per heavy atom. The highest BCUT2D eigenvalue weighted by Gasteiger charge is 2.53. The summed E-state index contributed by atoms with van der Waals surface area (Å²) in [7, 11) is 1.59. The smallest absolute Gasteiger partial charge is 0.408 e. The third-order valence-electron chi connectivity index (χ3n) is 2.93. The van der Waals surface area contributed by atoms with E-state index in [1.54, 1.807) is 7.11 Å². The van der Waals surface area contributed by atoms with Crippen LogP contribution >= 0.6 is 0 Å². The van der Waals surface area contributed by atoms with Gasteiger partial charge in [-0.2, -0.15) is 0 Å². The van der Waals surface area contributed by atoms with E-state index in [-0.39, 0.29) is 24.5 Å². The number of amides is 1. The van der Waals surface area contributed by atoms with Gasteiger partial charge in [-0.15, -0.1) is 0 Å². The first-order chi connectivity index (χ1) is 6.55. The molecule has 0 saturated carbocycles. The van der Waals surface area contributed by atoms with E-state index in [1.165, 1.54) is 0 Å². The number of carbonyl (C=O) groups is 1. The van der Waals surface area contributed by atoms with Crippen molar-refractivity contribution < 1.29 is 19.0 Å². The standard InChI is InChI=1S/C9H15NO4/c1-5-7-9(2,14-8(11)10-7)4-6(12-3)13-5/h5-7H,4H2,1-3H3,(H,10,11)/t5-,6+,7+,9-/m0/s1. The van der Waals surface area contributed by atoms with E-state index in [0.29, 0.717) is 6.42 Å². The fourth-order valence-electron chi connectivity index (χ4n) is 2.20. The van der Waals surface area contributed by atoms with Crippen molar-refractivity contribution in [3.8, 4) is 0 Å². The molecule has 2 fully saturated rings. The Bertz CT molecular complexity index is 257. The third kappa shape index (κ3) is 1.36. The molecule has 5 nitrogen and oxygen atoms in total. The highest BCUT2D eigenvalue weighted by molar-refractivity contribution is 5.71. The van der Waals surface area contributed by atoms with Crippen molar-refractivity contribution in [1.82, 2.24) is 5.32 Å². The van der Waals surface area contributed by atoms with Crippen LogP contribution in [0.5, 0.6) is 0 Å². The second kappa shape index (κ2) is 3.10. The van der Waals surface area contributed by atoms with E-state index >= 15 is 0 Å². The Morgan fingerprint density at radius 2 is 2.36 bits per heavy atom. The minimum Gasteiger partial charge on any atom is -0.441 e. The lowest BCUT2D eigenvalue weighted by molar-refractivity contribution is -0.219. The van der Waals surface area contributed by atoms with E-state index in [2.05, 4.69) is 5.32 Å². The monoisotopic (exact) mass is 201 g/mol. The molecule has 0 unspecified atom stereocenters. The van der Waals surface area contributed by atoms with Crippen molar-refractivity contribution in [2.24, 2.45) is 0 Å². The number of fused-ring (bicyclic) bond motifs is 1. The van der Waals surface area contributed by atoms with E-state index in [1.807, 2.05) is 13.8 Å². The predicted molar refractivity (Wildman–Crippen MR) is 47.8 cm³/mol. The fraction of sp³-hybridized carbons (Fsp3) is 0.889. The molecular weight excluding hydrogens is 186 g/mol. The van der Waals surface area contributed by atoms with Crippen LogP contribution in [0.4, 0.5) is 4.79 Å². The summed E-state index contributed by atoms with van der Waals surface area (Å²) in [4.78, 5) is 11.1. The molecule has 0 aliphatic carbocycles. The van der Waals surface area contributed by atoms with Gasteiger partial charge in [0.1, 0.15) is 5.60 Å². The first kappa shape index (κ1) is 9.73. The zero-order valence-electron chi connectivity index (χ0n) is 8.57. The van der Waals surface area contributed by atoms with Gasteiger partial charge in [0.05, 0.1) is 12.1 Å². The van der Waals surface area contributed by atoms with Crippen LogP contribution in [0.2, 0.25) is 0 Å². The molecule has 14 heavy (non-hydrogen) atoms. The van der Waals surface area contributed by atoms with Crippen molar-refractivity contribution in [1.29, 1.82) is 0 Å². The lowest BCUT2D eigenvalue weighted by Gasteiger charge is -2.40. The number of alkyl carbamates (subject to hydrolysis) is 1. The number of nitrogens with one attached hydrogen (secondary N) is 1. The molecule has 80 valence electrons. The van der Waals surface area contributed by atoms with Crippen molar-refractivity contribution in [2.75, 3.05) is 7.11 Å². The van der Waals surface area contributed by atoms with Gasteiger partial charge >= 0.3 is 6.09 Å². The SMILES string of the molecule is CO[C@H]1C[C@]2(C)OC(=O)N[C@@H]2[C@H](C)O1. The molecule has 4 atom stereocenters. The van der Waals surface area contributed by atoms with Crippen molar-refractivity contribution >= 4 is 6.09 Å². The summed E-state index contributed by atoms with van der Waals surface area (Å²) in [5.74, 6) is 0. The third-order valence-corrected chi connectivity index (χ3v) is 2.93. The number of ether oxygens (including phenoxy) is 3. The highest BCUT2D eigenvalue weighted by Crippen LogP contribution is 2.35. The average Bonchev–Trinajstić information content (AvgIpc) is 2.40. The van der Waals surface area contributed by atoms with Crippen LogP contribution in [-0.4, -0.2) is 37.2 Å². The predicted octanol–water partition coefficient (Wildman–Crippen LogP) is 0.635. The molecule has 0 spiro atoms. The highest BCUT2D eigenvalue weighted by atomic mass is 16.7. The lowest BCUT2D eigenvalue weighted by Crippen LogP contribution is -2.56. The molecule has 0 radical (unpaired) electrons. The van der Waals surface area contributed by atoms with Crippen LogP contribution in [0, 0.1) is 0 Å². The molecule has 0 aromatic carbocycles. The molecule has 5 heteroatoms. The molecule has 2 aliphatic heterocycles. The fourth-order valence-corrected chi connectivity index (χ4v) is 2.20. The van der Waals surface area contributed by atoms with E-state index in [0.717, 1.165) is 0 Å². The zero-order valence-corrected chi connectivity index (χ0v) is 8.57. The van der Waals surface area contributed by atoms with Crippen LogP contribution in [-0.2, 0) is 14.2 Å². The van der Waals surface area contributed by atoms with Crippen LogP contribution in [0.15, 0.2) is 0 Å². The molecule has 2 heterocycles. The summed E-state index contributed by atoms with van der Waals surface area (Å²) in [5.41, 5.74) is -0.505. The van der Waals surface area contributed by atoms with Crippen molar-refractivity contribution in [3.05, 3.63) is 0 Å². The Kier molecular flexibility index (Phi) is 2.16. The van der Waals surface area contributed by atoms with Crippen LogP contribution in [0.1, 0.15) is 20.3 Å². The summed E-state index contributed by atoms with van der Waals surface area (Å²) >= 11 is 0. The first-order valence-electron chi connectivity index (χ1n) is 4.73. The van der Waals surface area contributed by atoms with E-state index in [4.69, 9.17) is 14.2 Å². The van der Waals surface area contributed by atoms with Gasteiger partial charge in [-0.3, -0.25) is 0 Å². The molecule has 2 aliphatic rings. The average molecular weight is 201 g/mol. The van der Waals surface area contributed by atoms with Gasteiger partial charge in [0.2, 0.25) is 0 Å². The molecule has 2 saturated heterocycles. The Hall–Kier alpha value is -0.810. The largest absolute Gasteiger partial charge is 0.441 e. The van der Waals surface area contributed by atoms with E-state index < -0.39 is 5.60 Å². The number of hydrogen-bond donors (Lipinski definition) is 1. The normalized spacial score (nSPS) is 46.8. The number of methoxy groups -OCH3 is 1. The summed E-state index contributed by atoms with van der Waals surface area (Å²) in [6, 6.07) is -0.0820. The van der Waals surface area contributed by atoms with Crippen LogP contribution in [0.3, 0.4) is 0 Å². The summed E-state index contributed by atoms with van der Waals surface area (Å²) in [6.45, 7) is 3.81. The van der Waals surface area contributed by atoms with Crippen molar-refractivity contribution in [3.63, 3.8) is 0 Å². The molecular formula is C9H15NO4. The van der Waals surface area contributed by atoms with Crippen LogP contribution < -0.4 is 5.32 Å². The number of hydrogen-bond acceptors (Lipinski definition) is 4. The minimum absolute atomic E-state index is 0.0820. The van der Waals surface area contributed by atoms with Crippen LogP contribution in [0.25, 0.3) is 0 Å². The van der Waals surface area contributed by atoms with Gasteiger partial charge in [0, 0.05) is 13.5 Å². The Morgan fingerprint density at radius 3 is 3.00 bits per heavy atom. The number of carbonyl (C=O) groups excluding carboxylic acids is 1. The molecule has 0 aromatic rings. The maximum absolute atomic E-state index is 11.1. The van der Waals surface area contributed by atoms with Crippen molar-refractivity contribution in [2.45, 2.75) is 44.3 Å². The zero-order chi connectivity index (χ0) is 10.3.